The van der Waals surface area contributed by atoms with Crippen molar-refractivity contribution in [3.63, 3.8) is 0 Å². The number of benzene rings is 2. The van der Waals surface area contributed by atoms with Gasteiger partial charge in [0.15, 0.2) is 0 Å². The van der Waals surface area contributed by atoms with Crippen LogP contribution in [0.5, 0.6) is 17.2 Å². The molecule has 0 aromatic heterocycles. The van der Waals surface area contributed by atoms with Crippen LogP contribution in [0.1, 0.15) is 22.6 Å². The smallest absolute Gasteiger partial charge is 0.129 e. The van der Waals surface area contributed by atoms with Crippen LogP contribution in [-0.4, -0.2) is 18.8 Å². The summed E-state index contributed by atoms with van der Waals surface area (Å²) in [5.41, 5.74) is 3.24. The van der Waals surface area contributed by atoms with Crippen molar-refractivity contribution < 1.29 is 14.6 Å². The number of phenols is 1. The summed E-state index contributed by atoms with van der Waals surface area (Å²) >= 11 is 0. The Bertz CT molecular complexity index is 617. The summed E-state index contributed by atoms with van der Waals surface area (Å²) in [5.74, 6) is 2.35. The van der Waals surface area contributed by atoms with Crippen LogP contribution >= 0.6 is 0 Å². The molecule has 1 unspecified atom stereocenters. The predicted molar refractivity (Wildman–Crippen MR) is 77.8 cm³/mol. The van der Waals surface area contributed by atoms with Gasteiger partial charge < -0.3 is 14.6 Å². The molecule has 1 atom stereocenters. The second-order valence-electron chi connectivity index (χ2n) is 5.18. The molecular weight excluding hydrogens is 252 g/mol. The summed E-state index contributed by atoms with van der Waals surface area (Å²) in [4.78, 5) is 0. The Morgan fingerprint density at radius 1 is 1.15 bits per heavy atom. The van der Waals surface area contributed by atoms with Crippen LogP contribution in [0.2, 0.25) is 0 Å². The number of fused-ring (bicyclic) bond motifs is 1. The summed E-state index contributed by atoms with van der Waals surface area (Å²) < 4.78 is 11.1. The molecule has 0 saturated heterocycles. The van der Waals surface area contributed by atoms with E-state index in [1.807, 2.05) is 25.1 Å². The van der Waals surface area contributed by atoms with Crippen LogP contribution in [0.25, 0.3) is 0 Å². The molecule has 0 aliphatic carbocycles. The minimum absolute atomic E-state index is 0.298. The van der Waals surface area contributed by atoms with Gasteiger partial charge in [-0.2, -0.15) is 0 Å². The highest BCUT2D eigenvalue weighted by atomic mass is 16.5. The maximum atomic E-state index is 9.72. The molecule has 3 rings (SSSR count). The number of methoxy groups -OCH3 is 1. The van der Waals surface area contributed by atoms with Crippen LogP contribution in [0, 0.1) is 6.92 Å². The molecule has 1 aliphatic heterocycles. The van der Waals surface area contributed by atoms with Gasteiger partial charge in [-0.15, -0.1) is 0 Å². The van der Waals surface area contributed by atoms with E-state index in [-0.39, 0.29) is 0 Å². The zero-order valence-electron chi connectivity index (χ0n) is 11.7. The first-order valence-electron chi connectivity index (χ1n) is 6.77. The standard InChI is InChI=1S/C17H18O3/c1-11-16(18)8-5-13-9-14(10-20-17(11)13)12-3-6-15(19-2)7-4-12/h3-8,14,18H,9-10H2,1-2H3. The number of hydrogen-bond donors (Lipinski definition) is 1. The Labute approximate surface area is 118 Å². The molecule has 0 fully saturated rings. The van der Waals surface area contributed by atoms with E-state index >= 15 is 0 Å². The van der Waals surface area contributed by atoms with Gasteiger partial charge >= 0.3 is 0 Å². The molecule has 104 valence electrons. The topological polar surface area (TPSA) is 38.7 Å². The molecule has 0 spiro atoms. The third-order valence-electron chi connectivity index (χ3n) is 3.94. The van der Waals surface area contributed by atoms with Crippen LogP contribution in [0.15, 0.2) is 36.4 Å². The molecule has 0 saturated carbocycles. The van der Waals surface area contributed by atoms with Gasteiger partial charge in [0.05, 0.1) is 13.7 Å². The predicted octanol–water partition coefficient (Wildman–Crippen LogP) is 3.43. The normalized spacial score (nSPS) is 17.2. The Hall–Kier alpha value is -2.16. The molecule has 1 N–H and O–H groups in total. The van der Waals surface area contributed by atoms with E-state index < -0.39 is 0 Å². The van der Waals surface area contributed by atoms with Gasteiger partial charge in [0.1, 0.15) is 17.2 Å². The fraction of sp³-hybridized carbons (Fsp3) is 0.294. The van der Waals surface area contributed by atoms with Crippen molar-refractivity contribution in [2.24, 2.45) is 0 Å². The molecule has 3 nitrogen and oxygen atoms in total. The fourth-order valence-corrected chi connectivity index (χ4v) is 2.70. The third kappa shape index (κ3) is 2.20. The Kier molecular flexibility index (Phi) is 3.26. The van der Waals surface area contributed by atoms with Gasteiger partial charge in [-0.3, -0.25) is 0 Å². The highest BCUT2D eigenvalue weighted by molar-refractivity contribution is 5.50. The summed E-state index contributed by atoms with van der Waals surface area (Å²) in [6.45, 7) is 2.53. The van der Waals surface area contributed by atoms with Gasteiger partial charge in [0.2, 0.25) is 0 Å². The fourth-order valence-electron chi connectivity index (χ4n) is 2.70. The quantitative estimate of drug-likeness (QED) is 0.908. The molecule has 0 bridgehead atoms. The lowest BCUT2D eigenvalue weighted by Gasteiger charge is -2.27. The van der Waals surface area contributed by atoms with Crippen molar-refractivity contribution in [3.8, 4) is 17.2 Å². The van der Waals surface area contributed by atoms with Crippen molar-refractivity contribution in [2.75, 3.05) is 13.7 Å². The minimum Gasteiger partial charge on any atom is -0.508 e. The van der Waals surface area contributed by atoms with Crippen molar-refractivity contribution >= 4 is 0 Å². The highest BCUT2D eigenvalue weighted by Gasteiger charge is 2.23. The monoisotopic (exact) mass is 270 g/mol. The van der Waals surface area contributed by atoms with Crippen LogP contribution in [0.3, 0.4) is 0 Å². The zero-order valence-corrected chi connectivity index (χ0v) is 11.7. The van der Waals surface area contributed by atoms with E-state index in [2.05, 4.69) is 12.1 Å². The first kappa shape index (κ1) is 12.9. The van der Waals surface area contributed by atoms with Crippen molar-refractivity contribution in [1.82, 2.24) is 0 Å². The first-order chi connectivity index (χ1) is 9.69. The highest BCUT2D eigenvalue weighted by Crippen LogP contribution is 2.38. The maximum absolute atomic E-state index is 9.72. The average molecular weight is 270 g/mol. The molecule has 1 aliphatic rings. The molecule has 0 amide bonds. The largest absolute Gasteiger partial charge is 0.508 e. The maximum Gasteiger partial charge on any atom is 0.129 e. The molecule has 0 radical (unpaired) electrons. The van der Waals surface area contributed by atoms with Crippen molar-refractivity contribution in [3.05, 3.63) is 53.1 Å². The molecule has 3 heteroatoms. The summed E-state index contributed by atoms with van der Waals surface area (Å²) in [7, 11) is 1.67. The van der Waals surface area contributed by atoms with E-state index in [1.54, 1.807) is 13.2 Å². The van der Waals surface area contributed by atoms with E-state index in [0.717, 1.165) is 29.0 Å². The van der Waals surface area contributed by atoms with Crippen LogP contribution in [-0.2, 0) is 6.42 Å². The molecule has 1 heterocycles. The average Bonchev–Trinajstić information content (AvgIpc) is 2.51. The van der Waals surface area contributed by atoms with Gasteiger partial charge in [0, 0.05) is 11.5 Å². The van der Waals surface area contributed by atoms with Gasteiger partial charge in [-0.1, -0.05) is 18.2 Å². The molecule has 2 aromatic rings. The lowest BCUT2D eigenvalue weighted by molar-refractivity contribution is 0.259. The van der Waals surface area contributed by atoms with Crippen LogP contribution < -0.4 is 9.47 Å². The number of rotatable bonds is 2. The minimum atomic E-state index is 0.298. The molecule has 2 aromatic carbocycles. The summed E-state index contributed by atoms with van der Waals surface area (Å²) in [6.07, 6.45) is 0.933. The number of aromatic hydroxyl groups is 1. The Morgan fingerprint density at radius 2 is 1.90 bits per heavy atom. The van der Waals surface area contributed by atoms with Crippen molar-refractivity contribution in [1.29, 1.82) is 0 Å². The second kappa shape index (κ2) is 5.08. The lowest BCUT2D eigenvalue weighted by atomic mass is 9.89. The van der Waals surface area contributed by atoms with Crippen LogP contribution in [0.4, 0.5) is 0 Å². The number of ether oxygens (including phenoxy) is 2. The molecule has 20 heavy (non-hydrogen) atoms. The van der Waals surface area contributed by atoms with Crippen molar-refractivity contribution in [2.45, 2.75) is 19.3 Å². The van der Waals surface area contributed by atoms with E-state index in [4.69, 9.17) is 9.47 Å². The van der Waals surface area contributed by atoms with Gasteiger partial charge in [-0.05, 0) is 42.7 Å². The Balaban J connectivity index is 1.86. The Morgan fingerprint density at radius 3 is 2.60 bits per heavy atom. The third-order valence-corrected chi connectivity index (χ3v) is 3.94. The molecular formula is C17H18O3. The second-order valence-corrected chi connectivity index (χ2v) is 5.18. The SMILES string of the molecule is COc1ccc(C2COc3c(ccc(O)c3C)C2)cc1. The lowest BCUT2D eigenvalue weighted by Crippen LogP contribution is -2.19. The zero-order chi connectivity index (χ0) is 14.1. The van der Waals surface area contributed by atoms with E-state index in [0.29, 0.717) is 18.3 Å². The number of hydrogen-bond acceptors (Lipinski definition) is 3. The van der Waals surface area contributed by atoms with Gasteiger partial charge in [0.25, 0.3) is 0 Å². The first-order valence-corrected chi connectivity index (χ1v) is 6.77. The summed E-state index contributed by atoms with van der Waals surface area (Å²) in [5, 5.41) is 9.72. The van der Waals surface area contributed by atoms with E-state index in [1.165, 1.54) is 5.56 Å². The number of phenolic OH excluding ortho intramolecular Hbond substituents is 1. The van der Waals surface area contributed by atoms with Gasteiger partial charge in [-0.25, -0.2) is 0 Å². The van der Waals surface area contributed by atoms with E-state index in [9.17, 15) is 5.11 Å². The summed E-state index contributed by atoms with van der Waals surface area (Å²) in [6, 6.07) is 11.8.